The van der Waals surface area contributed by atoms with Crippen molar-refractivity contribution >= 4 is 22.5 Å². The van der Waals surface area contributed by atoms with Crippen LogP contribution in [-0.2, 0) is 0 Å². The molecule has 0 aliphatic heterocycles. The van der Waals surface area contributed by atoms with Gasteiger partial charge in [0.05, 0.1) is 11.6 Å². The van der Waals surface area contributed by atoms with E-state index in [4.69, 9.17) is 17.3 Å². The molecule has 3 rings (SSSR count). The minimum atomic E-state index is -4.73. The molecule has 2 aromatic carbocycles. The molecule has 24 heavy (non-hydrogen) atoms. The van der Waals surface area contributed by atoms with Crippen LogP contribution in [0.3, 0.4) is 0 Å². The van der Waals surface area contributed by atoms with Crippen LogP contribution in [0.15, 0.2) is 54.6 Å². The molecule has 3 aromatic rings. The molecule has 0 spiro atoms. The van der Waals surface area contributed by atoms with E-state index >= 15 is 0 Å². The molecule has 124 valence electrons. The van der Waals surface area contributed by atoms with Gasteiger partial charge < -0.3 is 10.5 Å². The lowest BCUT2D eigenvalue weighted by Gasteiger charge is -2.15. The van der Waals surface area contributed by atoms with Crippen molar-refractivity contribution in [1.82, 2.24) is 4.98 Å². The van der Waals surface area contributed by atoms with Gasteiger partial charge in [0.2, 0.25) is 0 Å². The van der Waals surface area contributed by atoms with Gasteiger partial charge in [0, 0.05) is 10.9 Å². The second-order valence-electron chi connectivity index (χ2n) is 5.16. The van der Waals surface area contributed by atoms with Gasteiger partial charge >= 0.3 is 6.36 Å². The highest BCUT2D eigenvalue weighted by atomic mass is 35.5. The normalized spacial score (nSPS) is 13.0. The third-order valence-corrected chi connectivity index (χ3v) is 3.82. The largest absolute Gasteiger partial charge is 0.573 e. The molecule has 3 nitrogen and oxygen atoms in total. The second kappa shape index (κ2) is 6.30. The van der Waals surface area contributed by atoms with Gasteiger partial charge in [-0.25, -0.2) is 4.98 Å². The molecule has 0 radical (unpaired) electrons. The number of nitrogens with zero attached hydrogens (tertiary/aromatic N) is 1. The molecule has 0 aliphatic rings. The smallest absolute Gasteiger partial charge is 0.406 e. The molecule has 0 saturated heterocycles. The molecule has 0 fully saturated rings. The molecule has 1 heterocycles. The summed E-state index contributed by atoms with van der Waals surface area (Å²) in [5, 5.41) is 1.14. The van der Waals surface area contributed by atoms with Crippen molar-refractivity contribution in [3.63, 3.8) is 0 Å². The first-order valence-electron chi connectivity index (χ1n) is 7.00. The lowest BCUT2D eigenvalue weighted by atomic mass is 9.99. The second-order valence-corrected chi connectivity index (χ2v) is 5.51. The van der Waals surface area contributed by atoms with Gasteiger partial charge in [-0.05, 0) is 29.8 Å². The predicted molar refractivity (Wildman–Crippen MR) is 85.9 cm³/mol. The Kier molecular flexibility index (Phi) is 4.34. The van der Waals surface area contributed by atoms with Gasteiger partial charge in [0.25, 0.3) is 0 Å². The van der Waals surface area contributed by atoms with Gasteiger partial charge in [-0.3, -0.25) is 0 Å². The van der Waals surface area contributed by atoms with Crippen molar-refractivity contribution in [2.45, 2.75) is 12.4 Å². The van der Waals surface area contributed by atoms with Crippen LogP contribution in [0.25, 0.3) is 10.9 Å². The van der Waals surface area contributed by atoms with Crippen molar-refractivity contribution < 1.29 is 17.9 Å². The molecule has 0 bridgehead atoms. The lowest BCUT2D eigenvalue weighted by Crippen LogP contribution is -2.17. The molecule has 2 N–H and O–H groups in total. The number of benzene rings is 2. The molecular weight excluding hydrogens is 341 g/mol. The molecule has 1 aromatic heterocycles. The number of halogens is 4. The number of hydrogen-bond acceptors (Lipinski definition) is 3. The Bertz CT molecular complexity index is 866. The summed E-state index contributed by atoms with van der Waals surface area (Å²) in [6, 6.07) is 14.0. The molecule has 0 saturated carbocycles. The zero-order chi connectivity index (χ0) is 17.3. The number of fused-ring (bicyclic) bond motifs is 1. The van der Waals surface area contributed by atoms with E-state index in [0.29, 0.717) is 11.1 Å². The predicted octanol–water partition coefficient (Wildman–Crippen LogP) is 4.83. The van der Waals surface area contributed by atoms with E-state index in [0.717, 1.165) is 10.9 Å². The number of hydrogen-bond donors (Lipinski definition) is 1. The van der Waals surface area contributed by atoms with E-state index in [2.05, 4.69) is 9.72 Å². The van der Waals surface area contributed by atoms with Crippen LogP contribution in [0.4, 0.5) is 13.2 Å². The third-order valence-electron chi connectivity index (χ3n) is 3.51. The van der Waals surface area contributed by atoms with Gasteiger partial charge in [0.1, 0.15) is 10.9 Å². The van der Waals surface area contributed by atoms with Crippen molar-refractivity contribution in [3.05, 3.63) is 70.9 Å². The third kappa shape index (κ3) is 3.60. The average molecular weight is 353 g/mol. The van der Waals surface area contributed by atoms with Crippen LogP contribution < -0.4 is 10.5 Å². The number of aromatic nitrogens is 1. The zero-order valence-corrected chi connectivity index (χ0v) is 13.0. The Morgan fingerprint density at radius 1 is 1.04 bits per heavy atom. The standard InChI is InChI=1S/C17H12ClF3N2O/c18-16-13(9-11-3-1-2-4-14(11)23-16)15(22)10-5-7-12(8-6-10)24-17(19,20)21/h1-9,15H,22H2/t15-/m1/s1. The maximum atomic E-state index is 12.2. The van der Waals surface area contributed by atoms with Crippen molar-refractivity contribution in [2.75, 3.05) is 0 Å². The number of rotatable bonds is 3. The number of ether oxygens (including phenoxy) is 1. The Morgan fingerprint density at radius 2 is 1.71 bits per heavy atom. The summed E-state index contributed by atoms with van der Waals surface area (Å²) in [5.41, 5.74) is 8.14. The molecular formula is C17H12ClF3N2O. The molecule has 7 heteroatoms. The summed E-state index contributed by atoms with van der Waals surface area (Å²) in [6.45, 7) is 0. The maximum absolute atomic E-state index is 12.2. The van der Waals surface area contributed by atoms with Gasteiger partial charge in [0.15, 0.2) is 0 Å². The SMILES string of the molecule is N[C@H](c1ccc(OC(F)(F)F)cc1)c1cc2ccccc2nc1Cl. The number of pyridine rings is 1. The quantitative estimate of drug-likeness (QED) is 0.686. The van der Waals surface area contributed by atoms with Crippen LogP contribution in [0.1, 0.15) is 17.2 Å². The Morgan fingerprint density at radius 3 is 2.38 bits per heavy atom. The number of alkyl halides is 3. The van der Waals surface area contributed by atoms with E-state index in [-0.39, 0.29) is 10.9 Å². The van der Waals surface area contributed by atoms with Crippen LogP contribution in [0.5, 0.6) is 5.75 Å². The zero-order valence-electron chi connectivity index (χ0n) is 12.2. The summed E-state index contributed by atoms with van der Waals surface area (Å²) in [4.78, 5) is 4.30. The summed E-state index contributed by atoms with van der Waals surface area (Å²) < 4.78 is 40.4. The van der Waals surface area contributed by atoms with Crippen LogP contribution in [0.2, 0.25) is 5.15 Å². The van der Waals surface area contributed by atoms with Crippen LogP contribution in [-0.4, -0.2) is 11.3 Å². The van der Waals surface area contributed by atoms with Gasteiger partial charge in [-0.2, -0.15) is 0 Å². The maximum Gasteiger partial charge on any atom is 0.573 e. The minimum Gasteiger partial charge on any atom is -0.406 e. The first-order valence-corrected chi connectivity index (χ1v) is 7.38. The molecule has 0 unspecified atom stereocenters. The molecule has 1 atom stereocenters. The Hall–Kier alpha value is -2.31. The van der Waals surface area contributed by atoms with E-state index < -0.39 is 12.4 Å². The molecule has 0 aliphatic carbocycles. The number of para-hydroxylation sites is 1. The fraction of sp³-hybridized carbons (Fsp3) is 0.118. The van der Waals surface area contributed by atoms with Crippen molar-refractivity contribution in [1.29, 1.82) is 0 Å². The average Bonchev–Trinajstić information content (AvgIpc) is 2.53. The fourth-order valence-electron chi connectivity index (χ4n) is 2.38. The highest BCUT2D eigenvalue weighted by Gasteiger charge is 2.31. The summed E-state index contributed by atoms with van der Waals surface area (Å²) >= 11 is 6.20. The highest BCUT2D eigenvalue weighted by Crippen LogP contribution is 2.30. The van der Waals surface area contributed by atoms with E-state index in [1.54, 1.807) is 0 Å². The van der Waals surface area contributed by atoms with E-state index in [1.165, 1.54) is 24.3 Å². The highest BCUT2D eigenvalue weighted by molar-refractivity contribution is 6.30. The monoisotopic (exact) mass is 352 g/mol. The lowest BCUT2D eigenvalue weighted by molar-refractivity contribution is -0.274. The first kappa shape index (κ1) is 16.5. The van der Waals surface area contributed by atoms with E-state index in [1.807, 2.05) is 30.3 Å². The van der Waals surface area contributed by atoms with E-state index in [9.17, 15) is 13.2 Å². The van der Waals surface area contributed by atoms with Gasteiger partial charge in [-0.1, -0.05) is 41.9 Å². The van der Waals surface area contributed by atoms with Gasteiger partial charge in [-0.15, -0.1) is 13.2 Å². The summed E-state index contributed by atoms with van der Waals surface area (Å²) in [7, 11) is 0. The topological polar surface area (TPSA) is 48.1 Å². The van der Waals surface area contributed by atoms with Crippen LogP contribution in [0, 0.1) is 0 Å². The minimum absolute atomic E-state index is 0.261. The van der Waals surface area contributed by atoms with Crippen LogP contribution >= 0.6 is 11.6 Å². The number of nitrogens with two attached hydrogens (primary N) is 1. The summed E-state index contributed by atoms with van der Waals surface area (Å²) in [6.07, 6.45) is -4.73. The Balaban J connectivity index is 1.91. The summed E-state index contributed by atoms with van der Waals surface area (Å²) in [5.74, 6) is -0.304. The fourth-order valence-corrected chi connectivity index (χ4v) is 2.65. The van der Waals surface area contributed by atoms with Crippen molar-refractivity contribution in [3.8, 4) is 5.75 Å². The Labute approximate surface area is 140 Å². The molecule has 0 amide bonds. The first-order chi connectivity index (χ1) is 11.3. The van der Waals surface area contributed by atoms with Crippen molar-refractivity contribution in [2.24, 2.45) is 5.73 Å².